The number of unbranched alkanes of at least 4 members (excludes halogenated alkanes) is 2. The van der Waals surface area contributed by atoms with Gasteiger partial charge < -0.3 is 0 Å². The summed E-state index contributed by atoms with van der Waals surface area (Å²) >= 11 is 0.771. The van der Waals surface area contributed by atoms with E-state index in [2.05, 4.69) is 6.08 Å². The zero-order valence-electron chi connectivity index (χ0n) is 7.79. The summed E-state index contributed by atoms with van der Waals surface area (Å²) in [6.45, 7) is 0. The Kier molecular flexibility index (Phi) is 5.17. The topological polar surface area (TPSA) is 37.3 Å². The van der Waals surface area contributed by atoms with Gasteiger partial charge in [0.05, 0.1) is 0 Å². The summed E-state index contributed by atoms with van der Waals surface area (Å²) in [6, 6.07) is 0. The Hall–Kier alpha value is -0.271. The molecule has 0 amide bonds. The van der Waals surface area contributed by atoms with Crippen LogP contribution in [0.1, 0.15) is 38.5 Å². The molecule has 0 bridgehead atoms. The van der Waals surface area contributed by atoms with Crippen molar-refractivity contribution in [3.63, 3.8) is 0 Å². The van der Waals surface area contributed by atoms with Crippen LogP contribution >= 0.6 is 0 Å². The van der Waals surface area contributed by atoms with Crippen LogP contribution in [0, 0.1) is 0 Å². The molecule has 0 saturated heterocycles. The van der Waals surface area contributed by atoms with Crippen molar-refractivity contribution in [2.75, 3.05) is 0 Å². The normalized spacial score (nSPS) is 15.8. The van der Waals surface area contributed by atoms with E-state index in [9.17, 15) is 4.79 Å². The predicted molar refractivity (Wildman–Crippen MR) is 54.0 cm³/mol. The summed E-state index contributed by atoms with van der Waals surface area (Å²) in [4.78, 5) is 10.2. The van der Waals surface area contributed by atoms with Crippen LogP contribution in [0.15, 0.2) is 10.5 Å². The first-order valence-electron chi connectivity index (χ1n) is 4.82. The van der Waals surface area contributed by atoms with E-state index in [1.54, 1.807) is 4.47 Å². The fourth-order valence-corrected chi connectivity index (χ4v) is 3.54. The molecule has 1 rings (SSSR count). The Morgan fingerprint density at radius 3 is 2.92 bits per heavy atom. The van der Waals surface area contributed by atoms with Gasteiger partial charge in [0.15, 0.2) is 0 Å². The number of aliphatic carboxylic acids is 1. The van der Waals surface area contributed by atoms with Crippen molar-refractivity contribution in [2.45, 2.75) is 43.8 Å². The Morgan fingerprint density at radius 1 is 1.46 bits per heavy atom. The van der Waals surface area contributed by atoms with E-state index in [0.717, 1.165) is 27.8 Å². The van der Waals surface area contributed by atoms with Gasteiger partial charge in [-0.3, -0.25) is 0 Å². The molecule has 1 aliphatic rings. The number of hydrogen-bond acceptors (Lipinski definition) is 1. The molecule has 0 unspecified atom stereocenters. The summed E-state index contributed by atoms with van der Waals surface area (Å²) in [7, 11) is 0. The molecule has 0 aliphatic carbocycles. The molecule has 0 atom stereocenters. The molecule has 13 heavy (non-hydrogen) atoms. The quantitative estimate of drug-likeness (QED) is 0.578. The van der Waals surface area contributed by atoms with E-state index >= 15 is 0 Å². The Morgan fingerprint density at radius 2 is 2.31 bits per heavy atom. The Labute approximate surface area is 85.6 Å². The third kappa shape index (κ3) is 5.12. The molecule has 0 saturated carbocycles. The zero-order chi connectivity index (χ0) is 9.52. The van der Waals surface area contributed by atoms with Crippen LogP contribution in [0.3, 0.4) is 0 Å². The van der Waals surface area contributed by atoms with Gasteiger partial charge in [0.2, 0.25) is 0 Å². The zero-order valence-corrected chi connectivity index (χ0v) is 9.50. The predicted octanol–water partition coefficient (Wildman–Crippen LogP) is 2.43. The molecular weight excluding hydrogens is 231 g/mol. The van der Waals surface area contributed by atoms with Crippen molar-refractivity contribution in [1.82, 2.24) is 0 Å². The van der Waals surface area contributed by atoms with Crippen LogP contribution in [0.4, 0.5) is 0 Å². The van der Waals surface area contributed by atoms with Gasteiger partial charge >= 0.3 is 85.2 Å². The molecule has 74 valence electrons. The number of allylic oxidation sites excluding steroid dienone is 2. The van der Waals surface area contributed by atoms with Crippen molar-refractivity contribution in [3.8, 4) is 0 Å². The summed E-state index contributed by atoms with van der Waals surface area (Å²) in [5.41, 5.74) is 0. The summed E-state index contributed by atoms with van der Waals surface area (Å²) in [5, 5.41) is 9.80. The summed E-state index contributed by atoms with van der Waals surface area (Å²) in [6.07, 6.45) is 8.31. The molecule has 0 radical (unpaired) electrons. The first kappa shape index (κ1) is 10.8. The Balaban J connectivity index is 1.92. The molecular formula is C10H16O2Se. The molecule has 2 nitrogen and oxygen atoms in total. The van der Waals surface area contributed by atoms with Gasteiger partial charge in [-0.25, -0.2) is 0 Å². The fourth-order valence-electron chi connectivity index (χ4n) is 1.40. The van der Waals surface area contributed by atoms with Gasteiger partial charge in [-0.2, -0.15) is 0 Å². The second kappa shape index (κ2) is 6.22. The standard InChI is InChI=1S/C10H16O2Se/c11-10(12)7-3-1-2-5-9-6-4-8-13-9/h6H,1-5,7-8H2,(H,11,12). The number of hydrogen-bond donors (Lipinski definition) is 1. The van der Waals surface area contributed by atoms with Gasteiger partial charge in [-0.1, -0.05) is 0 Å². The Bertz CT molecular complexity index is 199. The van der Waals surface area contributed by atoms with Crippen LogP contribution in [0.5, 0.6) is 0 Å². The van der Waals surface area contributed by atoms with E-state index in [-0.39, 0.29) is 0 Å². The van der Waals surface area contributed by atoms with Crippen LogP contribution in [-0.2, 0) is 4.79 Å². The molecule has 0 fully saturated rings. The van der Waals surface area contributed by atoms with E-state index in [1.807, 2.05) is 0 Å². The summed E-state index contributed by atoms with van der Waals surface area (Å²) < 4.78 is 1.66. The first-order valence-corrected chi connectivity index (χ1v) is 6.89. The minimum atomic E-state index is -0.663. The van der Waals surface area contributed by atoms with Gasteiger partial charge in [0.1, 0.15) is 0 Å². The number of rotatable bonds is 6. The van der Waals surface area contributed by atoms with Gasteiger partial charge in [-0.15, -0.1) is 0 Å². The van der Waals surface area contributed by atoms with Crippen LogP contribution in [0.25, 0.3) is 0 Å². The molecule has 0 aromatic heterocycles. The van der Waals surface area contributed by atoms with Crippen LogP contribution in [0.2, 0.25) is 5.32 Å². The van der Waals surface area contributed by atoms with Crippen molar-refractivity contribution in [3.05, 3.63) is 10.5 Å². The van der Waals surface area contributed by atoms with Crippen LogP contribution < -0.4 is 0 Å². The van der Waals surface area contributed by atoms with Crippen molar-refractivity contribution in [2.24, 2.45) is 0 Å². The fraction of sp³-hybridized carbons (Fsp3) is 0.700. The maximum atomic E-state index is 10.2. The van der Waals surface area contributed by atoms with Crippen molar-refractivity contribution >= 4 is 20.9 Å². The van der Waals surface area contributed by atoms with Gasteiger partial charge in [-0.05, 0) is 0 Å². The molecule has 0 aromatic carbocycles. The summed E-state index contributed by atoms with van der Waals surface area (Å²) in [5.74, 6) is -0.663. The maximum absolute atomic E-state index is 10.2. The van der Waals surface area contributed by atoms with E-state index in [4.69, 9.17) is 5.11 Å². The molecule has 1 heterocycles. The average Bonchev–Trinajstić information content (AvgIpc) is 2.55. The SMILES string of the molecule is O=C(O)CCCCCC1=CCC[Se]1. The third-order valence-corrected chi connectivity index (χ3v) is 4.57. The number of carboxylic acid groups (broad SMARTS) is 1. The first-order chi connectivity index (χ1) is 6.29. The molecule has 0 aromatic rings. The van der Waals surface area contributed by atoms with E-state index < -0.39 is 5.97 Å². The minimum absolute atomic E-state index is 0.337. The molecule has 1 N–H and O–H groups in total. The van der Waals surface area contributed by atoms with Crippen LogP contribution in [-0.4, -0.2) is 26.0 Å². The van der Waals surface area contributed by atoms with E-state index in [1.165, 1.54) is 24.6 Å². The number of carboxylic acids is 1. The van der Waals surface area contributed by atoms with Crippen molar-refractivity contribution in [1.29, 1.82) is 0 Å². The molecule has 3 heteroatoms. The average molecular weight is 247 g/mol. The monoisotopic (exact) mass is 248 g/mol. The van der Waals surface area contributed by atoms with Gasteiger partial charge in [0.25, 0.3) is 0 Å². The molecule has 1 aliphatic heterocycles. The molecule has 0 spiro atoms. The van der Waals surface area contributed by atoms with Gasteiger partial charge in [0, 0.05) is 0 Å². The number of carbonyl (C=O) groups is 1. The second-order valence-electron chi connectivity index (χ2n) is 3.26. The second-order valence-corrected chi connectivity index (χ2v) is 5.82. The third-order valence-electron chi connectivity index (χ3n) is 2.09. The van der Waals surface area contributed by atoms with Crippen molar-refractivity contribution < 1.29 is 9.90 Å². The van der Waals surface area contributed by atoms with E-state index in [0.29, 0.717) is 6.42 Å².